The average molecular weight is 232 g/mol. The average Bonchev–Trinajstić information content (AvgIpc) is 2.12. The van der Waals surface area contributed by atoms with Gasteiger partial charge in [-0.3, -0.25) is 0 Å². The fourth-order valence-electron chi connectivity index (χ4n) is 1.05. The molecule has 0 saturated heterocycles. The van der Waals surface area contributed by atoms with Crippen molar-refractivity contribution in [3.05, 3.63) is 17.0 Å². The van der Waals surface area contributed by atoms with Gasteiger partial charge in [0.25, 0.3) is 0 Å². The van der Waals surface area contributed by atoms with Crippen molar-refractivity contribution in [2.45, 2.75) is 6.92 Å². The smallest absolute Gasteiger partial charge is 0.224 e. The van der Waals surface area contributed by atoms with Gasteiger partial charge in [0, 0.05) is 31.1 Å². The van der Waals surface area contributed by atoms with E-state index in [-0.39, 0.29) is 0 Å². The van der Waals surface area contributed by atoms with Crippen LogP contribution in [0.15, 0.2) is 6.07 Å². The lowest BCUT2D eigenvalue weighted by Crippen LogP contribution is -2.21. The van der Waals surface area contributed by atoms with E-state index in [4.69, 9.17) is 11.6 Å². The molecular formula is C9H14ClN3S. The quantitative estimate of drug-likeness (QED) is 0.744. The van der Waals surface area contributed by atoms with Crippen LogP contribution in [0.1, 0.15) is 5.69 Å². The first-order valence-corrected chi connectivity index (χ1v) is 6.12. The Balaban J connectivity index is 2.73. The van der Waals surface area contributed by atoms with Gasteiger partial charge >= 0.3 is 0 Å². The van der Waals surface area contributed by atoms with Crippen LogP contribution < -0.4 is 4.90 Å². The zero-order chi connectivity index (χ0) is 10.6. The Morgan fingerprint density at radius 3 is 2.79 bits per heavy atom. The highest BCUT2D eigenvalue weighted by atomic mass is 35.5. The van der Waals surface area contributed by atoms with Gasteiger partial charge in [-0.05, 0) is 24.8 Å². The second-order valence-corrected chi connectivity index (χ2v) is 4.37. The van der Waals surface area contributed by atoms with Gasteiger partial charge in [-0.1, -0.05) is 0 Å². The molecule has 0 saturated carbocycles. The van der Waals surface area contributed by atoms with Crippen LogP contribution in [-0.4, -0.2) is 35.6 Å². The summed E-state index contributed by atoms with van der Waals surface area (Å²) in [6.07, 6.45) is 2.09. The van der Waals surface area contributed by atoms with E-state index in [1.165, 1.54) is 0 Å². The van der Waals surface area contributed by atoms with Crippen LogP contribution in [0.25, 0.3) is 0 Å². The SMILES string of the molecule is CSCCN(C)c1cc(C)nc(Cl)n1. The summed E-state index contributed by atoms with van der Waals surface area (Å²) in [7, 11) is 2.01. The van der Waals surface area contributed by atoms with E-state index in [2.05, 4.69) is 21.1 Å². The number of aryl methyl sites for hydroxylation is 1. The summed E-state index contributed by atoms with van der Waals surface area (Å²) in [6.45, 7) is 2.88. The van der Waals surface area contributed by atoms with Gasteiger partial charge in [-0.15, -0.1) is 0 Å². The number of thioether (sulfide) groups is 1. The number of anilines is 1. The third kappa shape index (κ3) is 3.35. The predicted octanol–water partition coefficient (Wildman–Crippen LogP) is 2.24. The normalized spacial score (nSPS) is 10.3. The molecule has 0 atom stereocenters. The van der Waals surface area contributed by atoms with Gasteiger partial charge in [0.05, 0.1) is 0 Å². The molecule has 0 bridgehead atoms. The lowest BCUT2D eigenvalue weighted by Gasteiger charge is -2.17. The highest BCUT2D eigenvalue weighted by molar-refractivity contribution is 7.98. The zero-order valence-electron chi connectivity index (χ0n) is 8.62. The Hall–Kier alpha value is -0.480. The molecule has 78 valence electrons. The number of hydrogen-bond acceptors (Lipinski definition) is 4. The number of rotatable bonds is 4. The molecule has 0 aliphatic heterocycles. The van der Waals surface area contributed by atoms with Gasteiger partial charge in [0.1, 0.15) is 5.82 Å². The summed E-state index contributed by atoms with van der Waals surface area (Å²) in [5.41, 5.74) is 0.899. The molecule has 1 heterocycles. The maximum Gasteiger partial charge on any atom is 0.224 e. The van der Waals surface area contributed by atoms with Gasteiger partial charge in [-0.2, -0.15) is 11.8 Å². The standard InChI is InChI=1S/C9H14ClN3S/c1-7-6-8(12-9(10)11-7)13(2)4-5-14-3/h6H,4-5H2,1-3H3. The molecule has 0 unspecified atom stereocenters. The highest BCUT2D eigenvalue weighted by Crippen LogP contribution is 2.13. The van der Waals surface area contributed by atoms with Crippen LogP contribution in [-0.2, 0) is 0 Å². The van der Waals surface area contributed by atoms with E-state index in [0.717, 1.165) is 23.8 Å². The summed E-state index contributed by atoms with van der Waals surface area (Å²) >= 11 is 7.59. The fraction of sp³-hybridized carbons (Fsp3) is 0.556. The van der Waals surface area contributed by atoms with E-state index < -0.39 is 0 Å². The summed E-state index contributed by atoms with van der Waals surface area (Å²) in [5.74, 6) is 1.97. The molecule has 0 aliphatic rings. The Kier molecular flexibility index (Phi) is 4.48. The molecule has 1 rings (SSSR count). The van der Waals surface area contributed by atoms with Gasteiger partial charge in [0.2, 0.25) is 5.28 Å². The third-order valence-electron chi connectivity index (χ3n) is 1.84. The van der Waals surface area contributed by atoms with E-state index >= 15 is 0 Å². The largest absolute Gasteiger partial charge is 0.359 e. The van der Waals surface area contributed by atoms with E-state index in [1.807, 2.05) is 31.8 Å². The predicted molar refractivity (Wildman–Crippen MR) is 63.4 cm³/mol. The molecule has 5 heteroatoms. The summed E-state index contributed by atoms with van der Waals surface area (Å²) in [6, 6.07) is 1.94. The third-order valence-corrected chi connectivity index (χ3v) is 2.60. The van der Waals surface area contributed by atoms with Crippen molar-refractivity contribution >= 4 is 29.2 Å². The van der Waals surface area contributed by atoms with Crippen molar-refractivity contribution in [3.8, 4) is 0 Å². The monoisotopic (exact) mass is 231 g/mol. The minimum Gasteiger partial charge on any atom is -0.359 e. The molecule has 0 amide bonds. The zero-order valence-corrected chi connectivity index (χ0v) is 10.2. The first-order chi connectivity index (χ1) is 6.63. The highest BCUT2D eigenvalue weighted by Gasteiger charge is 2.04. The van der Waals surface area contributed by atoms with Crippen molar-refractivity contribution in [2.24, 2.45) is 0 Å². The lowest BCUT2D eigenvalue weighted by atomic mass is 10.4. The molecule has 1 aromatic heterocycles. The molecule has 3 nitrogen and oxygen atoms in total. The summed E-state index contributed by atoms with van der Waals surface area (Å²) < 4.78 is 0. The second kappa shape index (κ2) is 5.41. The van der Waals surface area contributed by atoms with Gasteiger partial charge in [0.15, 0.2) is 0 Å². The van der Waals surface area contributed by atoms with E-state index in [0.29, 0.717) is 5.28 Å². The minimum absolute atomic E-state index is 0.316. The number of hydrogen-bond donors (Lipinski definition) is 0. The first-order valence-electron chi connectivity index (χ1n) is 4.34. The number of aromatic nitrogens is 2. The topological polar surface area (TPSA) is 29.0 Å². The fourth-order valence-corrected chi connectivity index (χ4v) is 1.73. The number of halogens is 1. The van der Waals surface area contributed by atoms with Crippen molar-refractivity contribution in [2.75, 3.05) is 30.5 Å². The van der Waals surface area contributed by atoms with Crippen LogP contribution in [0.2, 0.25) is 5.28 Å². The maximum atomic E-state index is 5.77. The molecule has 0 spiro atoms. The lowest BCUT2D eigenvalue weighted by molar-refractivity contribution is 0.929. The summed E-state index contributed by atoms with van der Waals surface area (Å²) in [5, 5.41) is 0.316. The van der Waals surface area contributed by atoms with Crippen molar-refractivity contribution in [1.82, 2.24) is 9.97 Å². The Morgan fingerprint density at radius 2 is 2.21 bits per heavy atom. The Labute approximate surface area is 93.9 Å². The van der Waals surface area contributed by atoms with Gasteiger partial charge in [-0.25, -0.2) is 9.97 Å². The molecule has 0 aliphatic carbocycles. The molecule has 14 heavy (non-hydrogen) atoms. The maximum absolute atomic E-state index is 5.77. The van der Waals surface area contributed by atoms with Crippen molar-refractivity contribution < 1.29 is 0 Å². The Morgan fingerprint density at radius 1 is 1.50 bits per heavy atom. The molecule has 1 aromatic rings. The van der Waals surface area contributed by atoms with Crippen molar-refractivity contribution in [3.63, 3.8) is 0 Å². The number of nitrogens with zero attached hydrogens (tertiary/aromatic N) is 3. The van der Waals surface area contributed by atoms with Crippen molar-refractivity contribution in [1.29, 1.82) is 0 Å². The van der Waals surface area contributed by atoms with Crippen LogP contribution in [0.5, 0.6) is 0 Å². The molecule has 0 aromatic carbocycles. The van der Waals surface area contributed by atoms with E-state index in [9.17, 15) is 0 Å². The van der Waals surface area contributed by atoms with Crippen LogP contribution in [0, 0.1) is 6.92 Å². The van der Waals surface area contributed by atoms with E-state index in [1.54, 1.807) is 0 Å². The Bertz CT molecular complexity index is 286. The van der Waals surface area contributed by atoms with Crippen LogP contribution in [0.4, 0.5) is 5.82 Å². The first kappa shape index (κ1) is 11.6. The molecule has 0 fully saturated rings. The second-order valence-electron chi connectivity index (χ2n) is 3.05. The van der Waals surface area contributed by atoms with Crippen LogP contribution in [0.3, 0.4) is 0 Å². The summed E-state index contributed by atoms with van der Waals surface area (Å²) in [4.78, 5) is 10.3. The molecular weight excluding hydrogens is 218 g/mol. The molecule has 0 radical (unpaired) electrons. The molecule has 0 N–H and O–H groups in total. The minimum atomic E-state index is 0.316. The van der Waals surface area contributed by atoms with Gasteiger partial charge < -0.3 is 4.90 Å². The van der Waals surface area contributed by atoms with Crippen LogP contribution >= 0.6 is 23.4 Å².